The fourth-order valence-corrected chi connectivity index (χ4v) is 2.62. The number of nitrogens with one attached hydrogen (secondary N) is 1. The Balaban J connectivity index is 2.64. The van der Waals surface area contributed by atoms with Gasteiger partial charge in [0.15, 0.2) is 0 Å². The van der Waals surface area contributed by atoms with Gasteiger partial charge in [-0.05, 0) is 31.5 Å². The first kappa shape index (κ1) is 14.4. The molecule has 96 valence electrons. The molecule has 6 heteroatoms. The maximum absolute atomic E-state index is 11.0. The van der Waals surface area contributed by atoms with Crippen molar-refractivity contribution in [3.05, 3.63) is 29.0 Å². The Morgan fingerprint density at radius 2 is 2.24 bits per heavy atom. The maximum atomic E-state index is 11.0. The van der Waals surface area contributed by atoms with Gasteiger partial charge in [-0.15, -0.1) is 0 Å². The maximum Gasteiger partial charge on any atom is 0.147 e. The highest BCUT2D eigenvalue weighted by Gasteiger charge is 2.13. The fourth-order valence-electron chi connectivity index (χ4n) is 1.67. The molecule has 0 aliphatic carbocycles. The standard InChI is InChI=1S/C11H17ClN2O2S/c1-13-11(4-3-7-17(2,15)16)9-5-6-14-8-10(9)12/h5-6,8,11,13H,3-4,7H2,1-2H3. The number of halogens is 1. The molecule has 1 atom stereocenters. The van der Waals surface area contributed by atoms with Crippen molar-refractivity contribution in [2.45, 2.75) is 18.9 Å². The predicted octanol–water partition coefficient (Wildman–Crippen LogP) is 1.82. The Labute approximate surface area is 107 Å². The lowest BCUT2D eigenvalue weighted by molar-refractivity contribution is 0.536. The highest BCUT2D eigenvalue weighted by molar-refractivity contribution is 7.90. The average molecular weight is 277 g/mol. The van der Waals surface area contributed by atoms with Crippen LogP contribution in [0.3, 0.4) is 0 Å². The van der Waals surface area contributed by atoms with Gasteiger partial charge in [-0.3, -0.25) is 4.98 Å². The number of pyridine rings is 1. The predicted molar refractivity (Wildman–Crippen MR) is 70.0 cm³/mol. The van der Waals surface area contributed by atoms with Gasteiger partial charge in [0.2, 0.25) is 0 Å². The third-order valence-corrected chi connectivity index (χ3v) is 3.88. The third-order valence-electron chi connectivity index (χ3n) is 2.54. The molecule has 0 saturated carbocycles. The van der Waals surface area contributed by atoms with Gasteiger partial charge in [0.05, 0.1) is 5.02 Å². The summed E-state index contributed by atoms with van der Waals surface area (Å²) < 4.78 is 22.1. The molecule has 0 fully saturated rings. The van der Waals surface area contributed by atoms with E-state index in [2.05, 4.69) is 10.3 Å². The molecule has 0 bridgehead atoms. The quantitative estimate of drug-likeness (QED) is 0.861. The van der Waals surface area contributed by atoms with Gasteiger partial charge in [-0.2, -0.15) is 0 Å². The summed E-state index contributed by atoms with van der Waals surface area (Å²) in [6, 6.07) is 1.91. The van der Waals surface area contributed by atoms with E-state index in [0.29, 0.717) is 11.4 Å². The van der Waals surface area contributed by atoms with E-state index in [0.717, 1.165) is 12.0 Å². The van der Waals surface area contributed by atoms with Gasteiger partial charge in [0, 0.05) is 30.4 Å². The van der Waals surface area contributed by atoms with Crippen molar-refractivity contribution in [1.29, 1.82) is 0 Å². The summed E-state index contributed by atoms with van der Waals surface area (Å²) >= 11 is 6.05. The monoisotopic (exact) mass is 276 g/mol. The van der Waals surface area contributed by atoms with Gasteiger partial charge < -0.3 is 5.32 Å². The second kappa shape index (κ2) is 6.33. The molecule has 1 rings (SSSR count). The number of aromatic nitrogens is 1. The Morgan fingerprint density at radius 1 is 1.53 bits per heavy atom. The zero-order valence-corrected chi connectivity index (χ0v) is 11.6. The first-order valence-corrected chi connectivity index (χ1v) is 7.82. The van der Waals surface area contributed by atoms with E-state index in [-0.39, 0.29) is 11.8 Å². The minimum absolute atomic E-state index is 0.0623. The number of hydrogen-bond donors (Lipinski definition) is 1. The summed E-state index contributed by atoms with van der Waals surface area (Å²) in [4.78, 5) is 3.93. The van der Waals surface area contributed by atoms with Crippen molar-refractivity contribution in [3.8, 4) is 0 Å². The molecule has 0 radical (unpaired) electrons. The lowest BCUT2D eigenvalue weighted by Gasteiger charge is -2.17. The molecular formula is C11H17ClN2O2S. The zero-order chi connectivity index (χ0) is 12.9. The lowest BCUT2D eigenvalue weighted by atomic mass is 10.0. The van der Waals surface area contributed by atoms with E-state index in [1.807, 2.05) is 13.1 Å². The van der Waals surface area contributed by atoms with Crippen LogP contribution in [0, 0.1) is 0 Å². The topological polar surface area (TPSA) is 59.1 Å². The van der Waals surface area contributed by atoms with Crippen molar-refractivity contribution < 1.29 is 8.42 Å². The van der Waals surface area contributed by atoms with Crippen molar-refractivity contribution in [2.24, 2.45) is 0 Å². The summed E-state index contributed by atoms with van der Waals surface area (Å²) in [5, 5.41) is 3.74. The molecular weight excluding hydrogens is 260 g/mol. The second-order valence-corrected chi connectivity index (χ2v) is 6.68. The van der Waals surface area contributed by atoms with Gasteiger partial charge in [0.25, 0.3) is 0 Å². The molecule has 1 aromatic heterocycles. The minimum Gasteiger partial charge on any atom is -0.313 e. The molecule has 0 amide bonds. The molecule has 1 unspecified atom stereocenters. The highest BCUT2D eigenvalue weighted by atomic mass is 35.5. The molecule has 0 aromatic carbocycles. The van der Waals surface area contributed by atoms with Crippen LogP contribution in [0.25, 0.3) is 0 Å². The summed E-state index contributed by atoms with van der Waals surface area (Å²) in [5.74, 6) is 0.202. The van der Waals surface area contributed by atoms with Crippen molar-refractivity contribution in [3.63, 3.8) is 0 Å². The van der Waals surface area contributed by atoms with Crippen LogP contribution in [0.15, 0.2) is 18.5 Å². The Bertz CT molecular complexity index is 462. The molecule has 0 aliphatic heterocycles. The van der Waals surface area contributed by atoms with Crippen LogP contribution < -0.4 is 5.32 Å². The number of sulfone groups is 1. The molecule has 1 heterocycles. The van der Waals surface area contributed by atoms with Gasteiger partial charge in [-0.25, -0.2) is 8.42 Å². The Kier molecular flexibility index (Phi) is 5.36. The summed E-state index contributed by atoms with van der Waals surface area (Å²) in [7, 11) is -1.06. The Morgan fingerprint density at radius 3 is 2.76 bits per heavy atom. The largest absolute Gasteiger partial charge is 0.313 e. The lowest BCUT2D eigenvalue weighted by Crippen LogP contribution is -2.18. The second-order valence-electron chi connectivity index (χ2n) is 4.01. The average Bonchev–Trinajstić information content (AvgIpc) is 2.24. The van der Waals surface area contributed by atoms with E-state index in [9.17, 15) is 8.42 Å². The molecule has 0 saturated heterocycles. The minimum atomic E-state index is -2.89. The zero-order valence-electron chi connectivity index (χ0n) is 9.98. The molecule has 0 aliphatic rings. The number of rotatable bonds is 6. The fraction of sp³-hybridized carbons (Fsp3) is 0.545. The molecule has 0 spiro atoms. The molecule has 1 aromatic rings. The molecule has 4 nitrogen and oxygen atoms in total. The van der Waals surface area contributed by atoms with E-state index in [4.69, 9.17) is 11.6 Å². The van der Waals surface area contributed by atoms with Crippen molar-refractivity contribution >= 4 is 21.4 Å². The van der Waals surface area contributed by atoms with Crippen LogP contribution in [0.2, 0.25) is 5.02 Å². The number of hydrogen-bond acceptors (Lipinski definition) is 4. The molecule has 1 N–H and O–H groups in total. The smallest absolute Gasteiger partial charge is 0.147 e. The van der Waals surface area contributed by atoms with Crippen LogP contribution in [0.5, 0.6) is 0 Å². The van der Waals surface area contributed by atoms with Gasteiger partial charge in [0.1, 0.15) is 9.84 Å². The highest BCUT2D eigenvalue weighted by Crippen LogP contribution is 2.24. The summed E-state index contributed by atoms with van der Waals surface area (Å²) in [6.07, 6.45) is 5.87. The normalized spacial score (nSPS) is 13.6. The first-order chi connectivity index (χ1) is 7.94. The van der Waals surface area contributed by atoms with Crippen LogP contribution in [0.4, 0.5) is 0 Å². The Hall–Kier alpha value is -0.650. The van der Waals surface area contributed by atoms with Gasteiger partial charge in [-0.1, -0.05) is 11.6 Å². The van der Waals surface area contributed by atoms with Crippen LogP contribution >= 0.6 is 11.6 Å². The van der Waals surface area contributed by atoms with E-state index >= 15 is 0 Å². The van der Waals surface area contributed by atoms with E-state index in [1.165, 1.54) is 6.26 Å². The van der Waals surface area contributed by atoms with Gasteiger partial charge >= 0.3 is 0 Å². The van der Waals surface area contributed by atoms with Crippen molar-refractivity contribution in [2.75, 3.05) is 19.1 Å². The van der Waals surface area contributed by atoms with Crippen molar-refractivity contribution in [1.82, 2.24) is 10.3 Å². The summed E-state index contributed by atoms with van der Waals surface area (Å²) in [5.41, 5.74) is 0.956. The van der Waals surface area contributed by atoms with Crippen LogP contribution in [-0.2, 0) is 9.84 Å². The first-order valence-electron chi connectivity index (χ1n) is 5.38. The summed E-state index contributed by atoms with van der Waals surface area (Å²) in [6.45, 7) is 0. The number of nitrogens with zero attached hydrogens (tertiary/aromatic N) is 1. The van der Waals surface area contributed by atoms with Crippen LogP contribution in [-0.4, -0.2) is 32.5 Å². The van der Waals surface area contributed by atoms with E-state index in [1.54, 1.807) is 12.4 Å². The molecule has 17 heavy (non-hydrogen) atoms. The van der Waals surface area contributed by atoms with E-state index < -0.39 is 9.84 Å². The van der Waals surface area contributed by atoms with Crippen LogP contribution in [0.1, 0.15) is 24.4 Å². The third kappa shape index (κ3) is 5.02. The SMILES string of the molecule is CNC(CCCS(C)(=O)=O)c1ccncc1Cl.